The van der Waals surface area contributed by atoms with Crippen molar-refractivity contribution in [3.8, 4) is 17.2 Å². The van der Waals surface area contributed by atoms with E-state index in [1.54, 1.807) is 7.11 Å². The second-order valence-electron chi connectivity index (χ2n) is 10.8. The Morgan fingerprint density at radius 3 is 1.95 bits per heavy atom. The molecular formula is C35H41NO5. The predicted molar refractivity (Wildman–Crippen MR) is 162 cm³/mol. The van der Waals surface area contributed by atoms with Crippen molar-refractivity contribution in [3.05, 3.63) is 89.5 Å². The molecule has 0 N–H and O–H groups in total. The Balaban J connectivity index is 1.35. The maximum Gasteiger partial charge on any atom is 0.314 e. The number of allylic oxidation sites excluding steroid dienone is 1. The molecule has 2 aliphatic rings. The zero-order valence-electron chi connectivity index (χ0n) is 24.3. The Labute approximate surface area is 243 Å². The van der Waals surface area contributed by atoms with Gasteiger partial charge in [0.2, 0.25) is 0 Å². The van der Waals surface area contributed by atoms with Gasteiger partial charge in [-0.15, -0.1) is 0 Å². The molecule has 0 amide bonds. The van der Waals surface area contributed by atoms with Crippen LogP contribution in [0.2, 0.25) is 0 Å². The number of esters is 1. The van der Waals surface area contributed by atoms with E-state index in [-0.39, 0.29) is 11.9 Å². The van der Waals surface area contributed by atoms with E-state index in [0.717, 1.165) is 97.9 Å². The number of benzene rings is 3. The number of rotatable bonds is 10. The highest BCUT2D eigenvalue weighted by molar-refractivity contribution is 5.98. The zero-order valence-corrected chi connectivity index (χ0v) is 24.3. The molecule has 6 nitrogen and oxygen atoms in total. The van der Waals surface area contributed by atoms with Crippen molar-refractivity contribution in [2.45, 2.75) is 39.0 Å². The average Bonchev–Trinajstić information content (AvgIpc) is 3.03. The van der Waals surface area contributed by atoms with Crippen LogP contribution in [0.3, 0.4) is 0 Å². The molecule has 3 aromatic rings. The Morgan fingerprint density at radius 1 is 0.780 bits per heavy atom. The van der Waals surface area contributed by atoms with Crippen LogP contribution in [-0.4, -0.2) is 57.4 Å². The van der Waals surface area contributed by atoms with Gasteiger partial charge in [0, 0.05) is 19.6 Å². The molecule has 0 bridgehead atoms. The summed E-state index contributed by atoms with van der Waals surface area (Å²) in [4.78, 5) is 15.1. The lowest BCUT2D eigenvalue weighted by molar-refractivity contribution is -0.139. The Bertz CT molecular complexity index is 1290. The molecule has 0 atom stereocenters. The molecule has 1 heterocycles. The molecular weight excluding hydrogens is 514 g/mol. The lowest BCUT2D eigenvalue weighted by Crippen LogP contribution is -2.38. The summed E-state index contributed by atoms with van der Waals surface area (Å²) >= 11 is 0. The summed E-state index contributed by atoms with van der Waals surface area (Å²) in [6, 6.07) is 24.3. The average molecular weight is 556 g/mol. The molecule has 216 valence electrons. The first-order valence-electron chi connectivity index (χ1n) is 14.8. The summed E-state index contributed by atoms with van der Waals surface area (Å²) in [6.45, 7) is 7.18. The minimum Gasteiger partial charge on any atom is -0.497 e. The van der Waals surface area contributed by atoms with E-state index in [1.165, 1.54) is 6.42 Å². The number of nitrogens with zero attached hydrogens (tertiary/aromatic N) is 1. The van der Waals surface area contributed by atoms with Gasteiger partial charge in [-0.25, -0.2) is 0 Å². The number of methoxy groups -OCH3 is 1. The highest BCUT2D eigenvalue weighted by Crippen LogP contribution is 2.35. The molecule has 0 radical (unpaired) electrons. The predicted octanol–water partition coefficient (Wildman–Crippen LogP) is 6.87. The second kappa shape index (κ2) is 14.3. The van der Waals surface area contributed by atoms with Gasteiger partial charge in [0.25, 0.3) is 0 Å². The van der Waals surface area contributed by atoms with Crippen LogP contribution in [0.15, 0.2) is 72.8 Å². The quantitative estimate of drug-likeness (QED) is 0.155. The minimum atomic E-state index is -0.105. The molecule has 1 saturated heterocycles. The monoisotopic (exact) mass is 555 g/mol. The van der Waals surface area contributed by atoms with Crippen molar-refractivity contribution < 1.29 is 23.7 Å². The van der Waals surface area contributed by atoms with Crippen LogP contribution in [0.25, 0.3) is 11.1 Å². The first-order valence-corrected chi connectivity index (χ1v) is 14.8. The number of morpholine rings is 1. The second-order valence-corrected chi connectivity index (χ2v) is 10.8. The van der Waals surface area contributed by atoms with Gasteiger partial charge >= 0.3 is 5.97 Å². The summed E-state index contributed by atoms with van der Waals surface area (Å²) < 4.78 is 22.6. The van der Waals surface area contributed by atoms with E-state index in [4.69, 9.17) is 18.9 Å². The van der Waals surface area contributed by atoms with E-state index < -0.39 is 0 Å². The lowest BCUT2D eigenvalue weighted by Gasteiger charge is -2.26. The number of carbonyl (C=O) groups is 1. The third kappa shape index (κ3) is 7.78. The molecule has 1 saturated carbocycles. The van der Waals surface area contributed by atoms with Crippen molar-refractivity contribution in [1.82, 2.24) is 4.90 Å². The fourth-order valence-corrected chi connectivity index (χ4v) is 5.65. The third-order valence-electron chi connectivity index (χ3n) is 8.12. The van der Waals surface area contributed by atoms with Crippen LogP contribution in [0, 0.1) is 5.92 Å². The van der Waals surface area contributed by atoms with E-state index in [9.17, 15) is 4.79 Å². The van der Waals surface area contributed by atoms with E-state index in [1.807, 2.05) is 48.5 Å². The van der Waals surface area contributed by atoms with Crippen LogP contribution in [-0.2, 0) is 9.53 Å². The third-order valence-corrected chi connectivity index (χ3v) is 8.12. The Kier molecular flexibility index (Phi) is 10.1. The van der Waals surface area contributed by atoms with Gasteiger partial charge in [-0.3, -0.25) is 9.69 Å². The minimum absolute atomic E-state index is 0.0193. The summed E-state index contributed by atoms with van der Waals surface area (Å²) in [6.07, 6.45) is 5.28. The fourth-order valence-electron chi connectivity index (χ4n) is 5.65. The molecule has 1 aliphatic carbocycles. The number of hydrogen-bond donors (Lipinski definition) is 0. The molecule has 0 aromatic heterocycles. The first kappa shape index (κ1) is 28.9. The van der Waals surface area contributed by atoms with Gasteiger partial charge in [0.05, 0.1) is 26.2 Å². The summed E-state index contributed by atoms with van der Waals surface area (Å²) in [5, 5.41) is 0. The molecule has 2 fully saturated rings. The number of ether oxygens (including phenoxy) is 4. The van der Waals surface area contributed by atoms with Gasteiger partial charge in [-0.05, 0) is 84.0 Å². The summed E-state index contributed by atoms with van der Waals surface area (Å²) in [5.41, 5.74) is 5.50. The maximum absolute atomic E-state index is 12.7. The number of carbonyl (C=O) groups excluding carboxylic acids is 1. The van der Waals surface area contributed by atoms with Crippen LogP contribution in [0.4, 0.5) is 0 Å². The van der Waals surface area contributed by atoms with E-state index in [2.05, 4.69) is 36.1 Å². The first-order chi connectivity index (χ1) is 20.1. The van der Waals surface area contributed by atoms with Crippen LogP contribution in [0.1, 0.15) is 55.7 Å². The molecule has 41 heavy (non-hydrogen) atoms. The lowest BCUT2D eigenvalue weighted by atomic mass is 9.89. The smallest absolute Gasteiger partial charge is 0.314 e. The Hall–Kier alpha value is -3.61. The fraction of sp³-hybridized carbons (Fsp3) is 0.400. The van der Waals surface area contributed by atoms with Gasteiger partial charge in [0.1, 0.15) is 23.9 Å². The largest absolute Gasteiger partial charge is 0.497 e. The highest BCUT2D eigenvalue weighted by atomic mass is 16.5. The summed E-state index contributed by atoms with van der Waals surface area (Å²) in [5.74, 6) is 2.19. The molecule has 1 aliphatic heterocycles. The standard InChI is InChI=1S/C35H41NO5/c1-26(27-8-14-31(38-2)15-9-27)34(28-10-16-32(17-11-28)40-25-22-36-20-23-39-24-21-36)29-12-18-33(19-13-29)41-35(37)30-6-4-3-5-7-30/h8-19,30H,3-7,20-25H2,1-2H3/b34-26+. The molecule has 3 aromatic carbocycles. The van der Waals surface area contributed by atoms with Crippen molar-refractivity contribution >= 4 is 17.1 Å². The van der Waals surface area contributed by atoms with Crippen molar-refractivity contribution in [3.63, 3.8) is 0 Å². The van der Waals surface area contributed by atoms with E-state index >= 15 is 0 Å². The maximum atomic E-state index is 12.7. The normalized spacial score (nSPS) is 17.0. The topological polar surface area (TPSA) is 57.2 Å². The van der Waals surface area contributed by atoms with Gasteiger partial charge in [-0.2, -0.15) is 0 Å². The van der Waals surface area contributed by atoms with Crippen LogP contribution < -0.4 is 14.2 Å². The van der Waals surface area contributed by atoms with Crippen molar-refractivity contribution in [2.75, 3.05) is 46.6 Å². The van der Waals surface area contributed by atoms with Crippen LogP contribution in [0.5, 0.6) is 17.2 Å². The van der Waals surface area contributed by atoms with E-state index in [0.29, 0.717) is 12.4 Å². The molecule has 0 unspecified atom stereocenters. The van der Waals surface area contributed by atoms with Gasteiger partial charge in [-0.1, -0.05) is 55.7 Å². The van der Waals surface area contributed by atoms with Crippen molar-refractivity contribution in [1.29, 1.82) is 0 Å². The number of hydrogen-bond acceptors (Lipinski definition) is 6. The molecule has 0 spiro atoms. The summed E-state index contributed by atoms with van der Waals surface area (Å²) in [7, 11) is 1.68. The van der Waals surface area contributed by atoms with Gasteiger partial charge in [0.15, 0.2) is 0 Å². The van der Waals surface area contributed by atoms with Gasteiger partial charge < -0.3 is 18.9 Å². The highest BCUT2D eigenvalue weighted by Gasteiger charge is 2.23. The van der Waals surface area contributed by atoms with Crippen LogP contribution >= 0.6 is 0 Å². The molecule has 6 heteroatoms. The van der Waals surface area contributed by atoms with Crippen molar-refractivity contribution in [2.24, 2.45) is 5.92 Å². The zero-order chi connectivity index (χ0) is 28.4. The molecule has 5 rings (SSSR count). The Morgan fingerprint density at radius 2 is 1.34 bits per heavy atom. The SMILES string of the molecule is COc1ccc(/C(C)=C(\c2ccc(OCCN3CCOCC3)cc2)c2ccc(OC(=O)C3CCCCC3)cc2)cc1.